The number of hydrogen-bond acceptors (Lipinski definition) is 5. The fraction of sp³-hybridized carbons (Fsp3) is 0.500. The van der Waals surface area contributed by atoms with Crippen molar-refractivity contribution in [1.29, 1.82) is 0 Å². The summed E-state index contributed by atoms with van der Waals surface area (Å²) >= 11 is 0. The largest absolute Gasteiger partial charge is 0.398 e. The number of nitrogens with zero attached hydrogens (tertiary/aromatic N) is 1. The van der Waals surface area contributed by atoms with Crippen LogP contribution < -0.4 is 17.0 Å². The van der Waals surface area contributed by atoms with Crippen molar-refractivity contribution in [3.63, 3.8) is 0 Å². The Labute approximate surface area is 98.1 Å². The van der Waals surface area contributed by atoms with Crippen LogP contribution in [0.5, 0.6) is 0 Å². The lowest BCUT2D eigenvalue weighted by molar-refractivity contribution is 0.0144. The molecule has 0 aromatic carbocycles. The van der Waals surface area contributed by atoms with Gasteiger partial charge in [0.15, 0.2) is 0 Å². The second-order valence-corrected chi connectivity index (χ2v) is 3.48. The standard InChI is InChI=1S/C10H16F2N4O/c11-10(12)6-17-4-2-9(16-14)7-5-15-3-1-8(7)13/h1,3,5,9-10,16H,2,4,6,14H2,(H2,13,15). The third-order valence-electron chi connectivity index (χ3n) is 2.26. The van der Waals surface area contributed by atoms with Gasteiger partial charge in [-0.25, -0.2) is 8.78 Å². The minimum absolute atomic E-state index is 0.174. The molecule has 17 heavy (non-hydrogen) atoms. The number of ether oxygens (including phenoxy) is 1. The number of aromatic nitrogens is 1. The molecule has 5 nitrogen and oxygen atoms in total. The topological polar surface area (TPSA) is 86.2 Å². The monoisotopic (exact) mass is 246 g/mol. The number of pyridine rings is 1. The average Bonchev–Trinajstić information content (AvgIpc) is 2.30. The van der Waals surface area contributed by atoms with E-state index in [2.05, 4.69) is 10.4 Å². The van der Waals surface area contributed by atoms with Crippen molar-refractivity contribution in [3.05, 3.63) is 24.0 Å². The SMILES string of the molecule is NNC(CCOCC(F)F)c1cnccc1N. The van der Waals surface area contributed by atoms with Gasteiger partial charge in [-0.3, -0.25) is 16.3 Å². The van der Waals surface area contributed by atoms with Gasteiger partial charge in [-0.05, 0) is 12.5 Å². The molecular formula is C10H16F2N4O. The molecule has 0 fully saturated rings. The first kappa shape index (κ1) is 13.8. The lowest BCUT2D eigenvalue weighted by Gasteiger charge is -2.17. The van der Waals surface area contributed by atoms with Gasteiger partial charge in [0, 0.05) is 30.3 Å². The smallest absolute Gasteiger partial charge is 0.261 e. The van der Waals surface area contributed by atoms with Gasteiger partial charge in [-0.1, -0.05) is 0 Å². The zero-order chi connectivity index (χ0) is 12.7. The zero-order valence-corrected chi connectivity index (χ0v) is 9.27. The zero-order valence-electron chi connectivity index (χ0n) is 9.27. The van der Waals surface area contributed by atoms with Gasteiger partial charge < -0.3 is 10.5 Å². The lowest BCUT2D eigenvalue weighted by Crippen LogP contribution is -2.29. The molecule has 5 N–H and O–H groups in total. The Morgan fingerprint density at radius 3 is 2.82 bits per heavy atom. The molecule has 1 unspecified atom stereocenters. The third kappa shape index (κ3) is 4.59. The van der Waals surface area contributed by atoms with Crippen molar-refractivity contribution in [2.24, 2.45) is 5.84 Å². The van der Waals surface area contributed by atoms with Crippen LogP contribution in [0.4, 0.5) is 14.5 Å². The number of nitrogens with one attached hydrogen (secondary N) is 1. The lowest BCUT2D eigenvalue weighted by atomic mass is 10.1. The van der Waals surface area contributed by atoms with E-state index in [4.69, 9.17) is 16.3 Å². The van der Waals surface area contributed by atoms with Crippen molar-refractivity contribution >= 4 is 5.69 Å². The average molecular weight is 246 g/mol. The molecule has 0 amide bonds. The van der Waals surface area contributed by atoms with E-state index in [1.165, 1.54) is 0 Å². The normalized spacial score (nSPS) is 12.9. The second kappa shape index (κ2) is 7.10. The van der Waals surface area contributed by atoms with Crippen LogP contribution in [0.2, 0.25) is 0 Å². The summed E-state index contributed by atoms with van der Waals surface area (Å²) in [5.74, 6) is 5.38. The Hall–Kier alpha value is -1.31. The molecule has 0 saturated heterocycles. The van der Waals surface area contributed by atoms with Gasteiger partial charge in [0.25, 0.3) is 6.43 Å². The third-order valence-corrected chi connectivity index (χ3v) is 2.26. The van der Waals surface area contributed by atoms with Crippen LogP contribution in [-0.4, -0.2) is 24.6 Å². The van der Waals surface area contributed by atoms with Crippen molar-refractivity contribution in [2.45, 2.75) is 18.9 Å². The number of nitrogens with two attached hydrogens (primary N) is 2. The van der Waals surface area contributed by atoms with E-state index in [-0.39, 0.29) is 12.6 Å². The molecule has 1 rings (SSSR count). The van der Waals surface area contributed by atoms with Gasteiger partial charge in [0.05, 0.1) is 6.04 Å². The maximum absolute atomic E-state index is 11.8. The van der Waals surface area contributed by atoms with Crippen LogP contribution >= 0.6 is 0 Å². The maximum atomic E-state index is 11.8. The summed E-state index contributed by atoms with van der Waals surface area (Å²) < 4.78 is 28.4. The van der Waals surface area contributed by atoms with Gasteiger partial charge in [0.2, 0.25) is 0 Å². The van der Waals surface area contributed by atoms with Crippen molar-refractivity contribution in [2.75, 3.05) is 18.9 Å². The van der Waals surface area contributed by atoms with E-state index in [0.29, 0.717) is 12.1 Å². The summed E-state index contributed by atoms with van der Waals surface area (Å²) in [4.78, 5) is 3.93. The van der Waals surface area contributed by atoms with Gasteiger partial charge in [-0.15, -0.1) is 0 Å². The minimum atomic E-state index is -2.46. The van der Waals surface area contributed by atoms with Crippen molar-refractivity contribution in [1.82, 2.24) is 10.4 Å². The highest BCUT2D eigenvalue weighted by atomic mass is 19.3. The second-order valence-electron chi connectivity index (χ2n) is 3.48. The van der Waals surface area contributed by atoms with Crippen LogP contribution in [0.1, 0.15) is 18.0 Å². The van der Waals surface area contributed by atoms with Crippen LogP contribution in [-0.2, 0) is 4.74 Å². The molecule has 1 aromatic rings. The molecule has 0 saturated carbocycles. The van der Waals surface area contributed by atoms with E-state index >= 15 is 0 Å². The first-order valence-electron chi connectivity index (χ1n) is 5.16. The summed E-state index contributed by atoms with van der Waals surface area (Å²) in [7, 11) is 0. The Kier molecular flexibility index (Phi) is 5.75. The number of halogens is 2. The van der Waals surface area contributed by atoms with Crippen LogP contribution in [0.25, 0.3) is 0 Å². The Balaban J connectivity index is 2.46. The van der Waals surface area contributed by atoms with E-state index in [0.717, 1.165) is 5.56 Å². The predicted molar refractivity (Wildman–Crippen MR) is 60.2 cm³/mol. The molecule has 0 bridgehead atoms. The highest BCUT2D eigenvalue weighted by Gasteiger charge is 2.13. The Morgan fingerprint density at radius 2 is 2.24 bits per heavy atom. The van der Waals surface area contributed by atoms with Crippen LogP contribution in [0.3, 0.4) is 0 Å². The number of alkyl halides is 2. The molecule has 1 aromatic heterocycles. The predicted octanol–water partition coefficient (Wildman–Crippen LogP) is 0.840. The number of rotatable bonds is 7. The van der Waals surface area contributed by atoms with Gasteiger partial charge in [0.1, 0.15) is 6.61 Å². The van der Waals surface area contributed by atoms with Gasteiger partial charge in [-0.2, -0.15) is 0 Å². The summed E-state index contributed by atoms with van der Waals surface area (Å²) in [6, 6.07) is 1.39. The molecule has 0 spiro atoms. The number of hydrogen-bond donors (Lipinski definition) is 3. The summed E-state index contributed by atoms with van der Waals surface area (Å²) in [6.45, 7) is -0.395. The molecule has 0 aliphatic heterocycles. The van der Waals surface area contributed by atoms with E-state index in [9.17, 15) is 8.78 Å². The molecule has 7 heteroatoms. The summed E-state index contributed by atoms with van der Waals surface area (Å²) in [5.41, 5.74) is 9.60. The van der Waals surface area contributed by atoms with Crippen LogP contribution in [0, 0.1) is 0 Å². The molecule has 0 radical (unpaired) electrons. The number of anilines is 1. The molecule has 1 heterocycles. The number of hydrazine groups is 1. The van der Waals surface area contributed by atoms with Crippen molar-refractivity contribution in [3.8, 4) is 0 Å². The fourth-order valence-electron chi connectivity index (χ4n) is 1.41. The molecule has 0 aliphatic carbocycles. The molecule has 0 aliphatic rings. The molecule has 96 valence electrons. The number of nitrogen functional groups attached to an aromatic ring is 1. The first-order valence-corrected chi connectivity index (χ1v) is 5.16. The molecule has 1 atom stereocenters. The highest BCUT2D eigenvalue weighted by molar-refractivity contribution is 5.46. The summed E-state index contributed by atoms with van der Waals surface area (Å²) in [5, 5.41) is 0. The van der Waals surface area contributed by atoms with Gasteiger partial charge >= 0.3 is 0 Å². The quantitative estimate of drug-likeness (QED) is 0.377. The fourth-order valence-corrected chi connectivity index (χ4v) is 1.41. The Morgan fingerprint density at radius 1 is 1.47 bits per heavy atom. The molecular weight excluding hydrogens is 230 g/mol. The van der Waals surface area contributed by atoms with E-state index in [1.807, 2.05) is 0 Å². The van der Waals surface area contributed by atoms with E-state index in [1.54, 1.807) is 18.5 Å². The highest BCUT2D eigenvalue weighted by Crippen LogP contribution is 2.20. The minimum Gasteiger partial charge on any atom is -0.398 e. The summed E-state index contributed by atoms with van der Waals surface area (Å²) in [6.07, 6.45) is 1.15. The van der Waals surface area contributed by atoms with Crippen LogP contribution in [0.15, 0.2) is 18.5 Å². The first-order chi connectivity index (χ1) is 8.15. The maximum Gasteiger partial charge on any atom is 0.261 e. The van der Waals surface area contributed by atoms with Crippen molar-refractivity contribution < 1.29 is 13.5 Å². The Bertz CT molecular complexity index is 338. The van der Waals surface area contributed by atoms with E-state index < -0.39 is 13.0 Å².